The number of pyridine rings is 1. The molecule has 0 aromatic carbocycles. The average molecular weight is 393 g/mol. The number of aromatic nitrogens is 4. The molecule has 1 aliphatic rings. The van der Waals surface area contributed by atoms with Crippen molar-refractivity contribution in [1.82, 2.24) is 19.9 Å². The third kappa shape index (κ3) is 3.29. The number of hydrogen-bond donors (Lipinski definition) is 4. The van der Waals surface area contributed by atoms with E-state index in [9.17, 15) is 19.7 Å². The lowest BCUT2D eigenvalue weighted by Crippen LogP contribution is -2.30. The van der Waals surface area contributed by atoms with Crippen molar-refractivity contribution >= 4 is 22.6 Å². The van der Waals surface area contributed by atoms with E-state index in [1.807, 2.05) is 0 Å². The van der Waals surface area contributed by atoms with E-state index in [0.29, 0.717) is 28.5 Å². The summed E-state index contributed by atoms with van der Waals surface area (Å²) in [6.45, 7) is -0.227. The van der Waals surface area contributed by atoms with Crippen LogP contribution in [-0.4, -0.2) is 54.1 Å². The van der Waals surface area contributed by atoms with E-state index in [0.717, 1.165) is 11.6 Å². The zero-order valence-electron chi connectivity index (χ0n) is 14.2. The molecule has 0 aliphatic heterocycles. The Labute approximate surface area is 158 Å². The Bertz CT molecular complexity index is 982. The lowest BCUT2D eigenvalue weighted by Gasteiger charge is -2.16. The lowest BCUT2D eigenvalue weighted by molar-refractivity contribution is -0.00598. The number of hydrogen-bond acceptors (Lipinski definition) is 6. The molecule has 3 aromatic rings. The zero-order chi connectivity index (χ0) is 19.1. The second kappa shape index (κ2) is 7.12. The molecule has 7 nitrogen and oxygen atoms in total. The first-order valence-corrected chi connectivity index (χ1v) is 8.97. The van der Waals surface area contributed by atoms with E-state index in [1.165, 1.54) is 6.20 Å². The topological polar surface area (TPSA) is 115 Å². The third-order valence-corrected chi connectivity index (χ3v) is 5.37. The summed E-state index contributed by atoms with van der Waals surface area (Å²) in [4.78, 5) is 15.6. The van der Waals surface area contributed by atoms with Crippen molar-refractivity contribution in [1.29, 1.82) is 0 Å². The summed E-state index contributed by atoms with van der Waals surface area (Å²) >= 11 is 6.01. The first-order valence-electron chi connectivity index (χ1n) is 8.59. The molecule has 0 saturated heterocycles. The van der Waals surface area contributed by atoms with E-state index in [4.69, 9.17) is 11.6 Å². The molecule has 0 bridgehead atoms. The van der Waals surface area contributed by atoms with Gasteiger partial charge >= 0.3 is 0 Å². The fourth-order valence-electron chi connectivity index (χ4n) is 3.70. The van der Waals surface area contributed by atoms with Crippen molar-refractivity contribution in [3.8, 4) is 11.4 Å². The summed E-state index contributed by atoms with van der Waals surface area (Å²) in [5.74, 6) is -1.08. The maximum Gasteiger partial charge on any atom is 0.163 e. The van der Waals surface area contributed by atoms with Gasteiger partial charge in [-0.15, -0.1) is 0 Å². The Morgan fingerprint density at radius 2 is 1.96 bits per heavy atom. The van der Waals surface area contributed by atoms with Crippen molar-refractivity contribution in [3.63, 3.8) is 0 Å². The Morgan fingerprint density at radius 3 is 2.70 bits per heavy atom. The zero-order valence-corrected chi connectivity index (χ0v) is 14.9. The highest BCUT2D eigenvalue weighted by Crippen LogP contribution is 2.34. The SMILES string of the molecule is OC[C@H]1CC(Cc2nc(-c3c[nH]c4ncc(Cl)cc34)ncc2F)[C@H](O)[C@@H]1O. The van der Waals surface area contributed by atoms with E-state index in [-0.39, 0.29) is 18.7 Å². The van der Waals surface area contributed by atoms with Gasteiger partial charge in [-0.25, -0.2) is 19.3 Å². The molecule has 1 fully saturated rings. The molecule has 1 unspecified atom stereocenters. The summed E-state index contributed by atoms with van der Waals surface area (Å²) in [6, 6.07) is 1.73. The van der Waals surface area contributed by atoms with Crippen LogP contribution in [0, 0.1) is 17.7 Å². The van der Waals surface area contributed by atoms with E-state index < -0.39 is 29.9 Å². The average Bonchev–Trinajstić information content (AvgIpc) is 3.19. The quantitative estimate of drug-likeness (QED) is 0.537. The van der Waals surface area contributed by atoms with Gasteiger partial charge in [0.05, 0.1) is 29.1 Å². The molecule has 9 heteroatoms. The van der Waals surface area contributed by atoms with Crippen LogP contribution in [0.4, 0.5) is 4.39 Å². The largest absolute Gasteiger partial charge is 0.396 e. The second-order valence-corrected chi connectivity index (χ2v) is 7.30. The molecular formula is C18H18ClFN4O3. The van der Waals surface area contributed by atoms with Crippen LogP contribution in [0.5, 0.6) is 0 Å². The van der Waals surface area contributed by atoms with Gasteiger partial charge in [-0.2, -0.15) is 0 Å². The van der Waals surface area contributed by atoms with E-state index >= 15 is 0 Å². The molecule has 0 radical (unpaired) electrons. The first-order chi connectivity index (χ1) is 13.0. The summed E-state index contributed by atoms with van der Waals surface area (Å²) in [5, 5.41) is 30.6. The Balaban J connectivity index is 1.67. The van der Waals surface area contributed by atoms with Gasteiger partial charge in [-0.1, -0.05) is 11.6 Å². The van der Waals surface area contributed by atoms with Crippen LogP contribution >= 0.6 is 11.6 Å². The Morgan fingerprint density at radius 1 is 1.19 bits per heavy atom. The van der Waals surface area contributed by atoms with Crippen LogP contribution in [0.15, 0.2) is 24.7 Å². The smallest absolute Gasteiger partial charge is 0.163 e. The molecule has 4 atom stereocenters. The number of aliphatic hydroxyl groups is 3. The second-order valence-electron chi connectivity index (χ2n) is 6.86. The molecule has 0 spiro atoms. The summed E-state index contributed by atoms with van der Waals surface area (Å²) < 4.78 is 14.3. The maximum absolute atomic E-state index is 14.3. The predicted octanol–water partition coefficient (Wildman–Crippen LogP) is 1.71. The number of rotatable bonds is 4. The molecule has 4 N–H and O–H groups in total. The van der Waals surface area contributed by atoms with Crippen LogP contribution in [0.2, 0.25) is 5.02 Å². The highest BCUT2D eigenvalue weighted by Gasteiger charge is 2.41. The monoisotopic (exact) mass is 392 g/mol. The Hall–Kier alpha value is -2.13. The molecule has 1 saturated carbocycles. The number of aromatic amines is 1. The van der Waals surface area contributed by atoms with Crippen molar-refractivity contribution in [3.05, 3.63) is 41.2 Å². The fourth-order valence-corrected chi connectivity index (χ4v) is 3.86. The highest BCUT2D eigenvalue weighted by molar-refractivity contribution is 6.31. The van der Waals surface area contributed by atoms with Crippen LogP contribution in [0.25, 0.3) is 22.4 Å². The molecule has 3 heterocycles. The molecule has 0 amide bonds. The van der Waals surface area contributed by atoms with Gasteiger partial charge in [0.15, 0.2) is 11.6 Å². The number of aliphatic hydroxyl groups excluding tert-OH is 3. The molecular weight excluding hydrogens is 375 g/mol. The first kappa shape index (κ1) is 18.2. The van der Waals surface area contributed by atoms with Gasteiger partial charge in [0.1, 0.15) is 5.65 Å². The lowest BCUT2D eigenvalue weighted by atomic mass is 9.98. The number of halogens is 2. The van der Waals surface area contributed by atoms with Crippen LogP contribution < -0.4 is 0 Å². The summed E-state index contributed by atoms with van der Waals surface area (Å²) in [5.41, 5.74) is 1.41. The van der Waals surface area contributed by atoms with Gasteiger partial charge in [0, 0.05) is 35.9 Å². The number of H-pyrrole nitrogens is 1. The van der Waals surface area contributed by atoms with Crippen molar-refractivity contribution < 1.29 is 19.7 Å². The van der Waals surface area contributed by atoms with Gasteiger partial charge in [0.25, 0.3) is 0 Å². The Kier molecular flexibility index (Phi) is 4.81. The number of nitrogens with one attached hydrogen (secondary N) is 1. The highest BCUT2D eigenvalue weighted by atomic mass is 35.5. The van der Waals surface area contributed by atoms with Crippen molar-refractivity contribution in [2.45, 2.75) is 25.0 Å². The van der Waals surface area contributed by atoms with Gasteiger partial charge < -0.3 is 20.3 Å². The van der Waals surface area contributed by atoms with Crippen LogP contribution in [0.3, 0.4) is 0 Å². The number of fused-ring (bicyclic) bond motifs is 1. The van der Waals surface area contributed by atoms with E-state index in [2.05, 4.69) is 19.9 Å². The molecule has 142 valence electrons. The van der Waals surface area contributed by atoms with Gasteiger partial charge in [-0.05, 0) is 24.8 Å². The summed E-state index contributed by atoms with van der Waals surface area (Å²) in [6.07, 6.45) is 2.77. The van der Waals surface area contributed by atoms with Gasteiger partial charge in [-0.3, -0.25) is 0 Å². The van der Waals surface area contributed by atoms with Crippen molar-refractivity contribution in [2.75, 3.05) is 6.61 Å². The number of nitrogens with zero attached hydrogens (tertiary/aromatic N) is 3. The molecule has 4 rings (SSSR count). The third-order valence-electron chi connectivity index (χ3n) is 5.17. The minimum atomic E-state index is -1.03. The van der Waals surface area contributed by atoms with Gasteiger partial charge in [0.2, 0.25) is 0 Å². The van der Waals surface area contributed by atoms with Crippen LogP contribution in [0.1, 0.15) is 12.1 Å². The van der Waals surface area contributed by atoms with E-state index in [1.54, 1.807) is 12.3 Å². The maximum atomic E-state index is 14.3. The summed E-state index contributed by atoms with van der Waals surface area (Å²) in [7, 11) is 0. The normalized spacial score (nSPS) is 25.4. The standard InChI is InChI=1S/C18H18ClFN4O3/c19-10-3-11-12(5-22-17(11)21-4-10)18-23-6-13(20)14(24-18)2-8-1-9(7-25)16(27)15(8)26/h3-6,8-9,15-16,25-27H,1-2,7H2,(H,21,22)/t8?,9-,15+,16-/m1/s1. The fraction of sp³-hybridized carbons (Fsp3) is 0.389. The van der Waals surface area contributed by atoms with Crippen molar-refractivity contribution in [2.24, 2.45) is 11.8 Å². The molecule has 1 aliphatic carbocycles. The minimum Gasteiger partial charge on any atom is -0.396 e. The predicted molar refractivity (Wildman–Crippen MR) is 96.5 cm³/mol. The van der Waals surface area contributed by atoms with Crippen LogP contribution in [-0.2, 0) is 6.42 Å². The molecule has 3 aromatic heterocycles. The molecule has 27 heavy (non-hydrogen) atoms. The minimum absolute atomic E-state index is 0.136.